The van der Waals surface area contributed by atoms with Gasteiger partial charge in [-0.1, -0.05) is 6.42 Å². The van der Waals surface area contributed by atoms with Crippen molar-refractivity contribution in [1.29, 1.82) is 0 Å². The summed E-state index contributed by atoms with van der Waals surface area (Å²) in [7, 11) is 0. The summed E-state index contributed by atoms with van der Waals surface area (Å²) < 4.78 is 1.94. The fourth-order valence-electron chi connectivity index (χ4n) is 5.01. The van der Waals surface area contributed by atoms with E-state index >= 15 is 0 Å². The van der Waals surface area contributed by atoms with Crippen LogP contribution in [0.15, 0.2) is 12.7 Å². The van der Waals surface area contributed by atoms with E-state index in [0.717, 1.165) is 38.8 Å². The monoisotopic (exact) mass is 353 g/mol. The van der Waals surface area contributed by atoms with Crippen LogP contribution >= 0.6 is 12.4 Å². The zero-order valence-electron chi connectivity index (χ0n) is 14.1. The molecule has 6 nitrogen and oxygen atoms in total. The number of amides is 1. The third kappa shape index (κ3) is 3.31. The smallest absolute Gasteiger partial charge is 0.225 e. The van der Waals surface area contributed by atoms with Crippen molar-refractivity contribution >= 4 is 18.3 Å². The lowest BCUT2D eigenvalue weighted by Crippen LogP contribution is -2.50. The molecule has 1 aromatic heterocycles. The second kappa shape index (κ2) is 7.40. The van der Waals surface area contributed by atoms with Crippen LogP contribution in [-0.4, -0.2) is 44.7 Å². The van der Waals surface area contributed by atoms with Crippen LogP contribution in [0.2, 0.25) is 0 Å². The molecule has 2 saturated carbocycles. The first-order valence-electron chi connectivity index (χ1n) is 9.11. The summed E-state index contributed by atoms with van der Waals surface area (Å²) in [6, 6.07) is 0.728. The summed E-state index contributed by atoms with van der Waals surface area (Å²) in [5.41, 5.74) is 6.36. The van der Waals surface area contributed by atoms with E-state index in [2.05, 4.69) is 15.0 Å². The maximum atomic E-state index is 12.9. The van der Waals surface area contributed by atoms with Crippen LogP contribution in [0.5, 0.6) is 0 Å². The predicted octanol–water partition coefficient (Wildman–Crippen LogP) is 2.02. The number of hydrogen-bond donors (Lipinski definition) is 1. The van der Waals surface area contributed by atoms with Crippen LogP contribution in [0.3, 0.4) is 0 Å². The van der Waals surface area contributed by atoms with E-state index < -0.39 is 0 Å². The number of rotatable bonds is 2. The van der Waals surface area contributed by atoms with Crippen LogP contribution in [0, 0.1) is 17.8 Å². The van der Waals surface area contributed by atoms with Crippen LogP contribution in [0.25, 0.3) is 0 Å². The van der Waals surface area contributed by atoms with Crippen molar-refractivity contribution in [3.05, 3.63) is 12.7 Å². The molecule has 0 aromatic carbocycles. The van der Waals surface area contributed by atoms with Crippen molar-refractivity contribution in [2.24, 2.45) is 23.5 Å². The molecule has 1 amide bonds. The molecular formula is C17H28ClN5O. The number of halogens is 1. The number of nitrogens with zero attached hydrogens (tertiary/aromatic N) is 4. The van der Waals surface area contributed by atoms with Crippen LogP contribution < -0.4 is 5.73 Å². The highest BCUT2D eigenvalue weighted by Gasteiger charge is 2.42. The molecule has 4 rings (SSSR count). The molecule has 7 heteroatoms. The Kier molecular flexibility index (Phi) is 5.45. The number of fused-ring (bicyclic) bond motifs is 2. The highest BCUT2D eigenvalue weighted by atomic mass is 35.5. The Bertz CT molecular complexity index is 529. The van der Waals surface area contributed by atoms with Gasteiger partial charge in [0.1, 0.15) is 12.7 Å². The standard InChI is InChI=1S/C17H27N5O.ClH/c18-16-12-2-1-3-13(16)9-14(8-12)17(23)21-6-4-15(5-7-21)22-11-19-10-20-22;/h10-16H,1-9,18H2;1H. The van der Waals surface area contributed by atoms with E-state index in [9.17, 15) is 4.79 Å². The van der Waals surface area contributed by atoms with Gasteiger partial charge in [0.15, 0.2) is 0 Å². The Morgan fingerprint density at radius 3 is 2.33 bits per heavy atom. The SMILES string of the molecule is Cl.NC1C2CCCC1CC(C(=O)N1CCC(n3cncn3)CC1)C2. The summed E-state index contributed by atoms with van der Waals surface area (Å²) in [5.74, 6) is 1.74. The topological polar surface area (TPSA) is 77.0 Å². The lowest BCUT2D eigenvalue weighted by Gasteiger charge is -2.45. The lowest BCUT2D eigenvalue weighted by atomic mass is 9.65. The molecule has 2 unspecified atom stereocenters. The fourth-order valence-corrected chi connectivity index (χ4v) is 5.01. The van der Waals surface area contributed by atoms with Gasteiger partial charge >= 0.3 is 0 Å². The predicted molar refractivity (Wildman–Crippen MR) is 93.7 cm³/mol. The third-order valence-corrected chi connectivity index (χ3v) is 6.35. The minimum absolute atomic E-state index is 0. The first-order valence-corrected chi connectivity index (χ1v) is 9.11. The molecule has 1 aromatic rings. The van der Waals surface area contributed by atoms with Crippen molar-refractivity contribution in [3.8, 4) is 0 Å². The van der Waals surface area contributed by atoms with E-state index in [4.69, 9.17) is 5.73 Å². The second-order valence-electron chi connectivity index (χ2n) is 7.63. The molecule has 0 radical (unpaired) electrons. The van der Waals surface area contributed by atoms with E-state index in [1.807, 2.05) is 4.68 Å². The van der Waals surface area contributed by atoms with E-state index in [0.29, 0.717) is 29.8 Å². The minimum Gasteiger partial charge on any atom is -0.342 e. The van der Waals surface area contributed by atoms with Crippen LogP contribution in [0.1, 0.15) is 51.0 Å². The van der Waals surface area contributed by atoms with Gasteiger partial charge in [0.05, 0.1) is 6.04 Å². The number of likely N-dealkylation sites (tertiary alicyclic amines) is 1. The van der Waals surface area contributed by atoms with Gasteiger partial charge in [-0.15, -0.1) is 12.4 Å². The normalized spacial score (nSPS) is 33.8. The van der Waals surface area contributed by atoms with Gasteiger partial charge in [-0.25, -0.2) is 9.67 Å². The number of piperidine rings is 1. The van der Waals surface area contributed by atoms with Gasteiger partial charge in [-0.05, 0) is 50.4 Å². The molecular weight excluding hydrogens is 326 g/mol. The molecule has 1 saturated heterocycles. The van der Waals surface area contributed by atoms with Gasteiger partial charge in [-0.2, -0.15) is 5.10 Å². The Morgan fingerprint density at radius 1 is 1.08 bits per heavy atom. The third-order valence-electron chi connectivity index (χ3n) is 6.35. The number of nitrogens with two attached hydrogens (primary N) is 1. The Balaban J connectivity index is 0.00000169. The molecule has 3 fully saturated rings. The average Bonchev–Trinajstić information content (AvgIpc) is 3.08. The van der Waals surface area contributed by atoms with Crippen molar-refractivity contribution in [1.82, 2.24) is 19.7 Å². The Morgan fingerprint density at radius 2 is 1.75 bits per heavy atom. The molecule has 0 spiro atoms. The van der Waals surface area contributed by atoms with Crippen molar-refractivity contribution in [2.45, 2.75) is 57.0 Å². The number of carbonyl (C=O) groups is 1. The van der Waals surface area contributed by atoms with Crippen molar-refractivity contribution in [3.63, 3.8) is 0 Å². The molecule has 134 valence electrons. The molecule has 1 aliphatic heterocycles. The molecule has 24 heavy (non-hydrogen) atoms. The summed E-state index contributed by atoms with van der Waals surface area (Å²) in [6.45, 7) is 1.70. The van der Waals surface area contributed by atoms with Crippen LogP contribution in [-0.2, 0) is 4.79 Å². The Hall–Kier alpha value is -1.14. The van der Waals surface area contributed by atoms with E-state index in [1.165, 1.54) is 19.3 Å². The molecule has 2 heterocycles. The van der Waals surface area contributed by atoms with Gasteiger partial charge in [0.25, 0.3) is 0 Å². The number of carbonyl (C=O) groups excluding carboxylic acids is 1. The largest absolute Gasteiger partial charge is 0.342 e. The van der Waals surface area contributed by atoms with Crippen molar-refractivity contribution in [2.75, 3.05) is 13.1 Å². The molecule has 2 bridgehead atoms. The van der Waals surface area contributed by atoms with Gasteiger partial charge in [0.2, 0.25) is 5.91 Å². The van der Waals surface area contributed by atoms with E-state index in [1.54, 1.807) is 12.7 Å². The van der Waals surface area contributed by atoms with Gasteiger partial charge in [0, 0.05) is 25.0 Å². The molecule has 2 atom stereocenters. The van der Waals surface area contributed by atoms with Gasteiger partial charge < -0.3 is 10.6 Å². The van der Waals surface area contributed by atoms with E-state index in [-0.39, 0.29) is 18.3 Å². The highest BCUT2D eigenvalue weighted by molar-refractivity contribution is 5.85. The first kappa shape index (κ1) is 17.7. The number of hydrogen-bond acceptors (Lipinski definition) is 4. The molecule has 2 aliphatic carbocycles. The quantitative estimate of drug-likeness (QED) is 0.882. The summed E-state index contributed by atoms with van der Waals surface area (Å²) >= 11 is 0. The average molecular weight is 354 g/mol. The summed E-state index contributed by atoms with van der Waals surface area (Å²) in [5, 5.41) is 4.23. The minimum atomic E-state index is 0. The highest BCUT2D eigenvalue weighted by Crippen LogP contribution is 2.42. The maximum Gasteiger partial charge on any atom is 0.225 e. The zero-order valence-corrected chi connectivity index (χ0v) is 14.9. The van der Waals surface area contributed by atoms with Crippen molar-refractivity contribution < 1.29 is 4.79 Å². The summed E-state index contributed by atoms with van der Waals surface area (Å²) in [6.07, 6.45) is 11.1. The molecule has 3 aliphatic rings. The fraction of sp³-hybridized carbons (Fsp3) is 0.824. The maximum absolute atomic E-state index is 12.9. The zero-order chi connectivity index (χ0) is 15.8. The first-order chi connectivity index (χ1) is 11.2. The lowest BCUT2D eigenvalue weighted by molar-refractivity contribution is -0.140. The van der Waals surface area contributed by atoms with Gasteiger partial charge in [-0.3, -0.25) is 4.79 Å². The second-order valence-corrected chi connectivity index (χ2v) is 7.63. The molecule has 2 N–H and O–H groups in total. The van der Waals surface area contributed by atoms with Crippen LogP contribution in [0.4, 0.5) is 0 Å². The Labute approximate surface area is 149 Å². The number of aromatic nitrogens is 3. The summed E-state index contributed by atoms with van der Waals surface area (Å²) in [4.78, 5) is 19.0.